The third kappa shape index (κ3) is 1.38. The lowest BCUT2D eigenvalue weighted by Gasteiger charge is -2.29. The Hall–Kier alpha value is -1.77. The van der Waals surface area contributed by atoms with E-state index >= 15 is 0 Å². The minimum atomic E-state index is 0.449. The van der Waals surface area contributed by atoms with Gasteiger partial charge >= 0.3 is 0 Å². The number of anilines is 1. The highest BCUT2D eigenvalue weighted by atomic mass is 15.3. The van der Waals surface area contributed by atoms with Crippen molar-refractivity contribution in [2.45, 2.75) is 25.7 Å². The van der Waals surface area contributed by atoms with E-state index in [4.69, 9.17) is 5.73 Å². The fourth-order valence-corrected chi connectivity index (χ4v) is 2.75. The Morgan fingerprint density at radius 3 is 2.88 bits per heavy atom. The smallest absolute Gasteiger partial charge is 0.124 e. The van der Waals surface area contributed by atoms with Crippen LogP contribution in [0.25, 0.3) is 0 Å². The third-order valence-corrected chi connectivity index (χ3v) is 3.76. The van der Waals surface area contributed by atoms with E-state index in [0.29, 0.717) is 5.92 Å². The molecule has 1 unspecified atom stereocenters. The fourth-order valence-electron chi connectivity index (χ4n) is 2.75. The molecule has 0 spiro atoms. The molecule has 3 rings (SSSR count). The van der Waals surface area contributed by atoms with Gasteiger partial charge < -0.3 is 5.73 Å². The maximum absolute atomic E-state index is 6.05. The quantitative estimate of drug-likeness (QED) is 0.855. The molecule has 0 bridgehead atoms. The zero-order valence-corrected chi connectivity index (χ0v) is 10.3. The van der Waals surface area contributed by atoms with Crippen molar-refractivity contribution < 1.29 is 0 Å². The molecule has 3 nitrogen and oxygen atoms in total. The standard InChI is InChI=1S/C14H17N3/c1-3-10-13(16-17(2)14(10)15)12-8-9-6-4-5-7-11(9)12/h4-7,12H,3,8,15H2,1-2H3. The number of aromatic nitrogens is 2. The molecule has 1 aromatic carbocycles. The number of nitrogen functional groups attached to an aromatic ring is 1. The molecule has 0 radical (unpaired) electrons. The van der Waals surface area contributed by atoms with Crippen LogP contribution in [-0.4, -0.2) is 9.78 Å². The van der Waals surface area contributed by atoms with Crippen LogP contribution < -0.4 is 5.73 Å². The topological polar surface area (TPSA) is 43.8 Å². The predicted octanol–water partition coefficient (Wildman–Crippen LogP) is 2.25. The van der Waals surface area contributed by atoms with Crippen LogP contribution in [-0.2, 0) is 19.9 Å². The van der Waals surface area contributed by atoms with E-state index in [1.165, 1.54) is 22.4 Å². The normalized spacial score (nSPS) is 17.6. The molecule has 0 fully saturated rings. The molecule has 0 amide bonds. The summed E-state index contributed by atoms with van der Waals surface area (Å²) in [5.74, 6) is 1.26. The average Bonchev–Trinajstić information content (AvgIpc) is 2.57. The summed E-state index contributed by atoms with van der Waals surface area (Å²) in [5, 5.41) is 4.59. The average molecular weight is 227 g/mol. The fraction of sp³-hybridized carbons (Fsp3) is 0.357. The first-order valence-corrected chi connectivity index (χ1v) is 6.11. The second kappa shape index (κ2) is 3.62. The number of benzene rings is 1. The Balaban J connectivity index is 2.06. The van der Waals surface area contributed by atoms with Crippen molar-refractivity contribution in [3.63, 3.8) is 0 Å². The maximum atomic E-state index is 6.05. The van der Waals surface area contributed by atoms with E-state index in [1.54, 1.807) is 4.68 Å². The molecule has 0 saturated heterocycles. The first-order chi connectivity index (χ1) is 8.22. The van der Waals surface area contributed by atoms with Crippen LogP contribution in [0, 0.1) is 0 Å². The molecule has 88 valence electrons. The molecule has 2 aromatic rings. The van der Waals surface area contributed by atoms with Gasteiger partial charge in [0.05, 0.1) is 5.69 Å². The number of hydrogen-bond acceptors (Lipinski definition) is 2. The van der Waals surface area contributed by atoms with Crippen molar-refractivity contribution in [1.29, 1.82) is 0 Å². The zero-order valence-electron chi connectivity index (χ0n) is 10.3. The molecule has 0 aliphatic heterocycles. The molecule has 1 aromatic heterocycles. The van der Waals surface area contributed by atoms with Crippen molar-refractivity contribution >= 4 is 5.82 Å². The van der Waals surface area contributed by atoms with Gasteiger partial charge in [0.25, 0.3) is 0 Å². The maximum Gasteiger partial charge on any atom is 0.124 e. The van der Waals surface area contributed by atoms with Crippen molar-refractivity contribution in [2.75, 3.05) is 5.73 Å². The van der Waals surface area contributed by atoms with Gasteiger partial charge in [-0.05, 0) is 24.0 Å². The van der Waals surface area contributed by atoms with Gasteiger partial charge in [0.15, 0.2) is 0 Å². The molecular weight excluding hydrogens is 210 g/mol. The van der Waals surface area contributed by atoms with Crippen molar-refractivity contribution in [1.82, 2.24) is 9.78 Å². The largest absolute Gasteiger partial charge is 0.384 e. The van der Waals surface area contributed by atoms with E-state index in [9.17, 15) is 0 Å². The lowest BCUT2D eigenvalue weighted by molar-refractivity contribution is 0.650. The van der Waals surface area contributed by atoms with Gasteiger partial charge in [0.2, 0.25) is 0 Å². The Labute approximate surface area is 101 Å². The van der Waals surface area contributed by atoms with Crippen LogP contribution in [0.5, 0.6) is 0 Å². The highest BCUT2D eigenvalue weighted by molar-refractivity contribution is 5.52. The van der Waals surface area contributed by atoms with Gasteiger partial charge in [-0.1, -0.05) is 31.2 Å². The van der Waals surface area contributed by atoms with Crippen LogP contribution in [0.4, 0.5) is 5.82 Å². The van der Waals surface area contributed by atoms with Crippen molar-refractivity contribution in [2.24, 2.45) is 7.05 Å². The number of aryl methyl sites for hydroxylation is 1. The minimum Gasteiger partial charge on any atom is -0.384 e. The summed E-state index contributed by atoms with van der Waals surface area (Å²) < 4.78 is 1.80. The predicted molar refractivity (Wildman–Crippen MR) is 69.0 cm³/mol. The third-order valence-electron chi connectivity index (χ3n) is 3.76. The molecule has 0 saturated carbocycles. The van der Waals surface area contributed by atoms with Crippen LogP contribution >= 0.6 is 0 Å². The lowest BCUT2D eigenvalue weighted by atomic mass is 9.75. The van der Waals surface area contributed by atoms with E-state index in [0.717, 1.165) is 18.7 Å². The Morgan fingerprint density at radius 2 is 2.18 bits per heavy atom. The van der Waals surface area contributed by atoms with Gasteiger partial charge in [0.1, 0.15) is 5.82 Å². The first kappa shape index (κ1) is 10.4. The van der Waals surface area contributed by atoms with E-state index in [2.05, 4.69) is 36.3 Å². The van der Waals surface area contributed by atoms with Crippen molar-refractivity contribution in [3.05, 3.63) is 46.6 Å². The molecule has 1 atom stereocenters. The Morgan fingerprint density at radius 1 is 1.41 bits per heavy atom. The lowest BCUT2D eigenvalue weighted by Crippen LogP contribution is -2.19. The molecule has 3 heteroatoms. The molecule has 17 heavy (non-hydrogen) atoms. The molecular formula is C14H17N3. The summed E-state index contributed by atoms with van der Waals surface area (Å²) in [7, 11) is 1.92. The first-order valence-electron chi connectivity index (χ1n) is 6.11. The molecule has 2 N–H and O–H groups in total. The summed E-state index contributed by atoms with van der Waals surface area (Å²) in [6.45, 7) is 2.14. The summed E-state index contributed by atoms with van der Waals surface area (Å²) in [5.41, 5.74) is 11.3. The number of fused-ring (bicyclic) bond motifs is 1. The van der Waals surface area contributed by atoms with Crippen LogP contribution in [0.2, 0.25) is 0 Å². The van der Waals surface area contributed by atoms with E-state index in [-0.39, 0.29) is 0 Å². The second-order valence-corrected chi connectivity index (χ2v) is 4.68. The van der Waals surface area contributed by atoms with Gasteiger partial charge in [0, 0.05) is 18.5 Å². The molecule has 1 aliphatic carbocycles. The van der Waals surface area contributed by atoms with Crippen LogP contribution in [0.15, 0.2) is 24.3 Å². The van der Waals surface area contributed by atoms with Crippen molar-refractivity contribution in [3.8, 4) is 0 Å². The molecule has 1 heterocycles. The molecule has 1 aliphatic rings. The van der Waals surface area contributed by atoms with Gasteiger partial charge in [-0.25, -0.2) is 0 Å². The highest BCUT2D eigenvalue weighted by Gasteiger charge is 2.31. The number of hydrogen-bond donors (Lipinski definition) is 1. The van der Waals surface area contributed by atoms with Crippen LogP contribution in [0.1, 0.15) is 35.2 Å². The summed E-state index contributed by atoms with van der Waals surface area (Å²) >= 11 is 0. The number of rotatable bonds is 2. The summed E-state index contributed by atoms with van der Waals surface area (Å²) in [6.07, 6.45) is 2.05. The number of nitrogens with zero attached hydrogens (tertiary/aromatic N) is 2. The monoisotopic (exact) mass is 227 g/mol. The second-order valence-electron chi connectivity index (χ2n) is 4.68. The minimum absolute atomic E-state index is 0.449. The van der Waals surface area contributed by atoms with E-state index < -0.39 is 0 Å². The summed E-state index contributed by atoms with van der Waals surface area (Å²) in [6, 6.07) is 8.60. The summed E-state index contributed by atoms with van der Waals surface area (Å²) in [4.78, 5) is 0. The van der Waals surface area contributed by atoms with Gasteiger partial charge in [-0.3, -0.25) is 4.68 Å². The van der Waals surface area contributed by atoms with Crippen LogP contribution in [0.3, 0.4) is 0 Å². The highest BCUT2D eigenvalue weighted by Crippen LogP contribution is 2.41. The van der Waals surface area contributed by atoms with Gasteiger partial charge in [-0.15, -0.1) is 0 Å². The Kier molecular flexibility index (Phi) is 2.21. The van der Waals surface area contributed by atoms with Gasteiger partial charge in [-0.2, -0.15) is 5.10 Å². The SMILES string of the molecule is CCc1c(C2Cc3ccccc32)nn(C)c1N. The zero-order chi connectivity index (χ0) is 12.0. The van der Waals surface area contributed by atoms with E-state index in [1.807, 2.05) is 7.05 Å². The Bertz CT molecular complexity index is 569. The number of nitrogens with two attached hydrogens (primary N) is 1.